The number of nitrogens with two attached hydrogens (primary N) is 1. The van der Waals surface area contributed by atoms with E-state index in [4.69, 9.17) is 11.0 Å². The van der Waals surface area contributed by atoms with Crippen LogP contribution in [0, 0.1) is 25.2 Å². The lowest BCUT2D eigenvalue weighted by Crippen LogP contribution is -2.08. The lowest BCUT2D eigenvalue weighted by atomic mass is 9.96. The van der Waals surface area contributed by atoms with Gasteiger partial charge >= 0.3 is 0 Å². The number of Topliss-reactive ketones (excluding diaryl/α,β-unsaturated/α-hetero) is 1. The van der Waals surface area contributed by atoms with Gasteiger partial charge in [0.25, 0.3) is 0 Å². The van der Waals surface area contributed by atoms with Crippen molar-refractivity contribution in [2.24, 2.45) is 0 Å². The van der Waals surface area contributed by atoms with Crippen LogP contribution in [0.1, 0.15) is 32.1 Å². The average molecular weight is 400 g/mol. The number of aromatic nitrogens is 1. The molecule has 3 rings (SSSR count). The third-order valence-electron chi connectivity index (χ3n) is 4.07. The molecule has 2 N–H and O–H groups in total. The summed E-state index contributed by atoms with van der Waals surface area (Å²) in [6.07, 6.45) is 0.263. The van der Waals surface area contributed by atoms with E-state index in [2.05, 4.69) is 27.0 Å². The Morgan fingerprint density at radius 3 is 2.62 bits per heavy atom. The zero-order valence-electron chi connectivity index (χ0n) is 13.2. The molecule has 0 aliphatic rings. The first-order valence-electron chi connectivity index (χ1n) is 7.29. The van der Waals surface area contributed by atoms with Gasteiger partial charge in [0, 0.05) is 27.5 Å². The maximum Gasteiger partial charge on any atom is 0.167 e. The lowest BCUT2D eigenvalue weighted by Gasteiger charge is -2.10. The van der Waals surface area contributed by atoms with E-state index in [0.717, 1.165) is 31.5 Å². The molecule has 0 spiro atoms. The van der Waals surface area contributed by atoms with Crippen LogP contribution in [-0.4, -0.2) is 10.8 Å². The number of nitrogen functional groups attached to an aromatic ring is 1. The van der Waals surface area contributed by atoms with Crippen LogP contribution in [-0.2, 0) is 6.42 Å². The zero-order chi connectivity index (χ0) is 17.4. The van der Waals surface area contributed by atoms with Gasteiger partial charge in [-0.1, -0.05) is 28.1 Å². The molecule has 0 atom stereocenters. The summed E-state index contributed by atoms with van der Waals surface area (Å²) >= 11 is 4.66. The van der Waals surface area contributed by atoms with Crippen LogP contribution < -0.4 is 5.73 Å². The summed E-state index contributed by atoms with van der Waals surface area (Å²) in [4.78, 5) is 18.4. The number of carbonyl (C=O) groups excluding carboxylic acids is 1. The smallest absolute Gasteiger partial charge is 0.167 e. The van der Waals surface area contributed by atoms with Crippen molar-refractivity contribution in [3.63, 3.8) is 0 Å². The van der Waals surface area contributed by atoms with Crippen molar-refractivity contribution >= 4 is 49.0 Å². The van der Waals surface area contributed by atoms with E-state index >= 15 is 0 Å². The highest BCUT2D eigenvalue weighted by atomic mass is 79.9. The summed E-state index contributed by atoms with van der Waals surface area (Å²) in [5.74, 6) is 0.0316. The Balaban J connectivity index is 2.06. The van der Waals surface area contributed by atoms with Gasteiger partial charge in [-0.05, 0) is 37.1 Å². The van der Waals surface area contributed by atoms with Crippen molar-refractivity contribution in [2.45, 2.75) is 20.3 Å². The van der Waals surface area contributed by atoms with Gasteiger partial charge in [0.1, 0.15) is 15.8 Å². The average Bonchev–Trinajstić information content (AvgIpc) is 2.87. The molecule has 4 nitrogen and oxygen atoms in total. The molecule has 0 radical (unpaired) electrons. The van der Waals surface area contributed by atoms with Crippen LogP contribution in [0.2, 0.25) is 0 Å². The fourth-order valence-electron chi connectivity index (χ4n) is 2.76. The topological polar surface area (TPSA) is 79.8 Å². The van der Waals surface area contributed by atoms with Crippen molar-refractivity contribution in [3.05, 3.63) is 56.0 Å². The maximum absolute atomic E-state index is 12.6. The van der Waals surface area contributed by atoms with Gasteiger partial charge in [0.15, 0.2) is 5.78 Å². The Morgan fingerprint density at radius 2 is 2.00 bits per heavy atom. The van der Waals surface area contributed by atoms with Gasteiger partial charge in [-0.25, -0.2) is 4.98 Å². The molecule has 120 valence electrons. The molecule has 1 aromatic carbocycles. The molecule has 24 heavy (non-hydrogen) atoms. The van der Waals surface area contributed by atoms with Crippen molar-refractivity contribution < 1.29 is 4.79 Å². The summed E-state index contributed by atoms with van der Waals surface area (Å²) in [6.45, 7) is 3.82. The molecule has 0 amide bonds. The highest BCUT2D eigenvalue weighted by Gasteiger charge is 2.19. The molecular formula is C18H14BrN3OS. The van der Waals surface area contributed by atoms with Crippen LogP contribution in [0.15, 0.2) is 28.7 Å². The Bertz CT molecular complexity index is 1000. The highest BCUT2D eigenvalue weighted by Crippen LogP contribution is 2.36. The second-order valence-corrected chi connectivity index (χ2v) is 7.46. The van der Waals surface area contributed by atoms with E-state index in [1.54, 1.807) is 12.1 Å². The number of ketones is 1. The molecule has 2 heterocycles. The first-order chi connectivity index (χ1) is 11.4. The summed E-state index contributed by atoms with van der Waals surface area (Å²) in [6, 6.07) is 9.41. The SMILES string of the molecule is Cc1nc2sc(C#N)c(N)c2c(C)c1CC(=O)c1ccc(Br)cc1. The number of hydrogen-bond acceptors (Lipinski definition) is 5. The standard InChI is InChI=1S/C18H14BrN3OS/c1-9-13(7-14(23)11-3-5-12(19)6-4-11)10(2)22-18-16(9)17(21)15(8-20)24-18/h3-6H,7,21H2,1-2H3. The number of nitrogens with zero attached hydrogens (tertiary/aromatic N) is 2. The first kappa shape index (κ1) is 16.6. The zero-order valence-corrected chi connectivity index (χ0v) is 15.6. The van der Waals surface area contributed by atoms with Crippen LogP contribution in [0.25, 0.3) is 10.2 Å². The Kier molecular flexibility index (Phi) is 4.39. The molecule has 6 heteroatoms. The summed E-state index contributed by atoms with van der Waals surface area (Å²) < 4.78 is 0.935. The van der Waals surface area contributed by atoms with Gasteiger partial charge in [-0.2, -0.15) is 5.26 Å². The maximum atomic E-state index is 12.6. The molecule has 0 saturated carbocycles. The summed E-state index contributed by atoms with van der Waals surface area (Å²) in [7, 11) is 0. The van der Waals surface area contributed by atoms with E-state index in [0.29, 0.717) is 16.1 Å². The molecule has 0 unspecified atom stereocenters. The minimum Gasteiger partial charge on any atom is -0.396 e. The molecule has 0 fully saturated rings. The van der Waals surface area contributed by atoms with E-state index in [-0.39, 0.29) is 12.2 Å². The number of carbonyl (C=O) groups is 1. The number of halogens is 1. The van der Waals surface area contributed by atoms with E-state index in [1.165, 1.54) is 11.3 Å². The Morgan fingerprint density at radius 1 is 1.33 bits per heavy atom. The molecule has 2 aromatic heterocycles. The predicted octanol–water partition coefficient (Wildman–Crippen LogP) is 4.55. The molecule has 0 aliphatic heterocycles. The van der Waals surface area contributed by atoms with Crippen molar-refractivity contribution in [1.82, 2.24) is 4.98 Å². The number of aryl methyl sites for hydroxylation is 2. The van der Waals surface area contributed by atoms with Crippen LogP contribution in [0.4, 0.5) is 5.69 Å². The largest absolute Gasteiger partial charge is 0.396 e. The third kappa shape index (κ3) is 2.81. The van der Waals surface area contributed by atoms with E-state index in [1.807, 2.05) is 26.0 Å². The van der Waals surface area contributed by atoms with Crippen LogP contribution in [0.3, 0.4) is 0 Å². The van der Waals surface area contributed by atoms with Gasteiger partial charge in [0.05, 0.1) is 5.69 Å². The molecular weight excluding hydrogens is 386 g/mol. The van der Waals surface area contributed by atoms with Gasteiger partial charge in [-0.15, -0.1) is 11.3 Å². The number of hydrogen-bond donors (Lipinski definition) is 1. The number of nitriles is 1. The third-order valence-corrected chi connectivity index (χ3v) is 5.60. The summed E-state index contributed by atoms with van der Waals surface area (Å²) in [5, 5.41) is 9.95. The fraction of sp³-hybridized carbons (Fsp3) is 0.167. The normalized spacial score (nSPS) is 10.8. The molecule has 0 bridgehead atoms. The van der Waals surface area contributed by atoms with Crippen LogP contribution >= 0.6 is 27.3 Å². The minimum atomic E-state index is 0.0316. The van der Waals surface area contributed by atoms with Gasteiger partial charge < -0.3 is 5.73 Å². The number of pyridine rings is 1. The second kappa shape index (κ2) is 6.34. The van der Waals surface area contributed by atoms with Gasteiger partial charge in [0.2, 0.25) is 0 Å². The van der Waals surface area contributed by atoms with E-state index < -0.39 is 0 Å². The first-order valence-corrected chi connectivity index (χ1v) is 8.90. The number of benzene rings is 1. The molecule has 0 saturated heterocycles. The fourth-order valence-corrected chi connectivity index (χ4v) is 4.02. The Hall–Kier alpha value is -2.23. The number of thiophene rings is 1. The molecule has 0 aliphatic carbocycles. The van der Waals surface area contributed by atoms with Crippen molar-refractivity contribution in [1.29, 1.82) is 5.26 Å². The predicted molar refractivity (Wildman–Crippen MR) is 100 cm³/mol. The second-order valence-electron chi connectivity index (χ2n) is 5.54. The quantitative estimate of drug-likeness (QED) is 0.654. The Labute approximate surface area is 152 Å². The minimum absolute atomic E-state index is 0.0316. The monoisotopic (exact) mass is 399 g/mol. The van der Waals surface area contributed by atoms with Gasteiger partial charge in [-0.3, -0.25) is 4.79 Å². The molecule has 3 aromatic rings. The van der Waals surface area contributed by atoms with Crippen molar-refractivity contribution in [2.75, 3.05) is 5.73 Å². The van der Waals surface area contributed by atoms with Crippen molar-refractivity contribution in [3.8, 4) is 6.07 Å². The highest BCUT2D eigenvalue weighted by molar-refractivity contribution is 9.10. The van der Waals surface area contributed by atoms with E-state index in [9.17, 15) is 4.79 Å². The number of rotatable bonds is 3. The number of fused-ring (bicyclic) bond motifs is 1. The van der Waals surface area contributed by atoms with Crippen LogP contribution in [0.5, 0.6) is 0 Å². The lowest BCUT2D eigenvalue weighted by molar-refractivity contribution is 0.0992. The number of anilines is 1. The summed E-state index contributed by atoms with van der Waals surface area (Å²) in [5.41, 5.74) is 9.81.